The van der Waals surface area contributed by atoms with Gasteiger partial charge in [0.2, 0.25) is 11.8 Å². The van der Waals surface area contributed by atoms with Gasteiger partial charge < -0.3 is 9.80 Å². The minimum absolute atomic E-state index is 0.0867. The molecule has 2 aliphatic rings. The summed E-state index contributed by atoms with van der Waals surface area (Å²) in [6.45, 7) is 4.03. The number of hydrazone groups is 1. The van der Waals surface area contributed by atoms with Gasteiger partial charge in [0.05, 0.1) is 6.42 Å². The summed E-state index contributed by atoms with van der Waals surface area (Å²) in [7, 11) is 0. The van der Waals surface area contributed by atoms with Crippen molar-refractivity contribution in [1.82, 2.24) is 15.2 Å². The minimum atomic E-state index is -0.164. The van der Waals surface area contributed by atoms with Gasteiger partial charge in [0.1, 0.15) is 5.71 Å². The first-order chi connectivity index (χ1) is 12.0. The molecule has 0 atom stereocenters. The number of rotatable bonds is 3. The molecule has 3 amide bonds. The summed E-state index contributed by atoms with van der Waals surface area (Å²) < 4.78 is 0. The van der Waals surface area contributed by atoms with Crippen molar-refractivity contribution in [3.63, 3.8) is 0 Å². The van der Waals surface area contributed by atoms with E-state index in [2.05, 4.69) is 10.5 Å². The van der Waals surface area contributed by atoms with E-state index in [0.717, 1.165) is 11.1 Å². The van der Waals surface area contributed by atoms with Crippen molar-refractivity contribution in [2.45, 2.75) is 26.2 Å². The van der Waals surface area contributed by atoms with E-state index < -0.39 is 0 Å². The zero-order valence-corrected chi connectivity index (χ0v) is 14.3. The molecule has 1 aromatic rings. The van der Waals surface area contributed by atoms with E-state index in [4.69, 9.17) is 0 Å². The number of carbonyl (C=O) groups excluding carboxylic acids is 3. The molecule has 1 aromatic carbocycles. The monoisotopic (exact) mass is 342 g/mol. The van der Waals surface area contributed by atoms with Crippen molar-refractivity contribution in [2.75, 3.05) is 26.2 Å². The fraction of sp³-hybridized carbons (Fsp3) is 0.444. The van der Waals surface area contributed by atoms with E-state index in [9.17, 15) is 14.4 Å². The zero-order chi connectivity index (χ0) is 17.8. The molecule has 2 aliphatic heterocycles. The molecule has 2 heterocycles. The van der Waals surface area contributed by atoms with Crippen molar-refractivity contribution in [3.8, 4) is 0 Å². The Hall–Kier alpha value is -2.70. The van der Waals surface area contributed by atoms with Gasteiger partial charge in [-0.2, -0.15) is 5.10 Å². The number of aryl methyl sites for hydroxylation is 1. The highest BCUT2D eigenvalue weighted by Gasteiger charge is 2.28. The van der Waals surface area contributed by atoms with Gasteiger partial charge >= 0.3 is 0 Å². The van der Waals surface area contributed by atoms with Crippen LogP contribution in [0.3, 0.4) is 0 Å². The molecule has 0 saturated carbocycles. The first kappa shape index (κ1) is 17.1. The maximum atomic E-state index is 12.5. The SMILES string of the molecule is Cc1ccccc1CC(=O)N1CCN(C(=O)C2=NNC(=O)CC2)CC1. The molecule has 7 nitrogen and oxygen atoms in total. The van der Waals surface area contributed by atoms with Crippen LogP contribution in [-0.2, 0) is 20.8 Å². The summed E-state index contributed by atoms with van der Waals surface area (Å²) in [6.07, 6.45) is 1.05. The second-order valence-electron chi connectivity index (χ2n) is 6.37. The van der Waals surface area contributed by atoms with Gasteiger partial charge in [-0.25, -0.2) is 5.43 Å². The quantitative estimate of drug-likeness (QED) is 0.867. The van der Waals surface area contributed by atoms with Gasteiger partial charge in [-0.15, -0.1) is 0 Å². The summed E-state index contributed by atoms with van der Waals surface area (Å²) in [5.41, 5.74) is 4.89. The third-order valence-corrected chi connectivity index (χ3v) is 4.67. The Morgan fingerprint density at radius 2 is 1.76 bits per heavy atom. The standard InChI is InChI=1S/C18H22N4O3/c1-13-4-2-3-5-14(13)12-17(24)21-8-10-22(11-9-21)18(25)15-6-7-16(23)20-19-15/h2-5H,6-12H2,1H3,(H,20,23). The third-order valence-electron chi connectivity index (χ3n) is 4.67. The maximum absolute atomic E-state index is 12.5. The Bertz CT molecular complexity index is 721. The van der Waals surface area contributed by atoms with Crippen LogP contribution >= 0.6 is 0 Å². The van der Waals surface area contributed by atoms with Gasteiger partial charge in [-0.1, -0.05) is 24.3 Å². The number of amides is 3. The predicted octanol–water partition coefficient (Wildman–Crippen LogP) is 0.474. The summed E-state index contributed by atoms with van der Waals surface area (Å²) in [5, 5.41) is 3.85. The van der Waals surface area contributed by atoms with Gasteiger partial charge in [-0.3, -0.25) is 14.4 Å². The zero-order valence-electron chi connectivity index (χ0n) is 14.3. The van der Waals surface area contributed by atoms with Gasteiger partial charge in [0.25, 0.3) is 5.91 Å². The Kier molecular flexibility index (Phi) is 5.11. The van der Waals surface area contributed by atoms with E-state index in [1.54, 1.807) is 9.80 Å². The summed E-state index contributed by atoms with van der Waals surface area (Å²) >= 11 is 0. The summed E-state index contributed by atoms with van der Waals surface area (Å²) in [4.78, 5) is 39.5. The fourth-order valence-corrected chi connectivity index (χ4v) is 3.05. The van der Waals surface area contributed by atoms with Crippen LogP contribution in [0, 0.1) is 6.92 Å². The lowest BCUT2D eigenvalue weighted by atomic mass is 10.1. The molecule has 0 bridgehead atoms. The van der Waals surface area contributed by atoms with Gasteiger partial charge in [0.15, 0.2) is 0 Å². The van der Waals surface area contributed by atoms with Gasteiger partial charge in [0, 0.05) is 39.0 Å². The van der Waals surface area contributed by atoms with Crippen LogP contribution in [0.15, 0.2) is 29.4 Å². The minimum Gasteiger partial charge on any atom is -0.339 e. The molecule has 132 valence electrons. The molecule has 0 aliphatic carbocycles. The van der Waals surface area contributed by atoms with Crippen LogP contribution in [0.25, 0.3) is 0 Å². The summed E-state index contributed by atoms with van der Waals surface area (Å²) in [5.74, 6) is -0.224. The Balaban J connectivity index is 1.53. The lowest BCUT2D eigenvalue weighted by Gasteiger charge is -2.35. The predicted molar refractivity (Wildman–Crippen MR) is 92.9 cm³/mol. The topological polar surface area (TPSA) is 82.1 Å². The fourth-order valence-electron chi connectivity index (χ4n) is 3.05. The van der Waals surface area contributed by atoms with E-state index in [1.165, 1.54) is 0 Å². The normalized spacial score (nSPS) is 17.8. The number of hydrogen-bond acceptors (Lipinski definition) is 4. The second-order valence-corrected chi connectivity index (χ2v) is 6.37. The van der Waals surface area contributed by atoms with Crippen LogP contribution in [0.2, 0.25) is 0 Å². The number of benzene rings is 1. The summed E-state index contributed by atoms with van der Waals surface area (Å²) in [6, 6.07) is 7.88. The molecular weight excluding hydrogens is 320 g/mol. The van der Waals surface area contributed by atoms with Crippen molar-refractivity contribution >= 4 is 23.4 Å². The largest absolute Gasteiger partial charge is 0.339 e. The lowest BCUT2D eigenvalue weighted by Crippen LogP contribution is -2.53. The number of piperazine rings is 1. The average molecular weight is 342 g/mol. The molecule has 0 unspecified atom stereocenters. The van der Waals surface area contributed by atoms with Crippen molar-refractivity contribution in [3.05, 3.63) is 35.4 Å². The molecule has 7 heteroatoms. The highest BCUT2D eigenvalue weighted by molar-refractivity contribution is 6.39. The number of carbonyl (C=O) groups is 3. The van der Waals surface area contributed by atoms with E-state index in [-0.39, 0.29) is 17.7 Å². The second kappa shape index (κ2) is 7.46. The van der Waals surface area contributed by atoms with E-state index in [0.29, 0.717) is 51.2 Å². The van der Waals surface area contributed by atoms with Gasteiger partial charge in [-0.05, 0) is 18.1 Å². The highest BCUT2D eigenvalue weighted by atomic mass is 16.2. The number of nitrogens with zero attached hydrogens (tertiary/aromatic N) is 3. The lowest BCUT2D eigenvalue weighted by molar-refractivity contribution is -0.136. The molecule has 1 saturated heterocycles. The first-order valence-corrected chi connectivity index (χ1v) is 8.51. The molecule has 25 heavy (non-hydrogen) atoms. The molecule has 3 rings (SSSR count). The number of nitrogens with one attached hydrogen (secondary N) is 1. The van der Waals surface area contributed by atoms with Crippen molar-refractivity contribution in [2.24, 2.45) is 5.10 Å². The number of hydrogen-bond donors (Lipinski definition) is 1. The molecule has 1 fully saturated rings. The van der Waals surface area contributed by atoms with Crippen LogP contribution < -0.4 is 5.43 Å². The molecule has 0 spiro atoms. The van der Waals surface area contributed by atoms with Crippen LogP contribution in [0.5, 0.6) is 0 Å². The molecule has 1 N–H and O–H groups in total. The molecule has 0 radical (unpaired) electrons. The Morgan fingerprint density at radius 3 is 2.40 bits per heavy atom. The maximum Gasteiger partial charge on any atom is 0.270 e. The van der Waals surface area contributed by atoms with E-state index in [1.807, 2.05) is 31.2 Å². The molecular formula is C18H22N4O3. The highest BCUT2D eigenvalue weighted by Crippen LogP contribution is 2.12. The average Bonchev–Trinajstić information content (AvgIpc) is 2.64. The Labute approximate surface area is 146 Å². The first-order valence-electron chi connectivity index (χ1n) is 8.51. The smallest absolute Gasteiger partial charge is 0.270 e. The Morgan fingerprint density at radius 1 is 1.08 bits per heavy atom. The van der Waals surface area contributed by atoms with Crippen molar-refractivity contribution in [1.29, 1.82) is 0 Å². The van der Waals surface area contributed by atoms with Crippen LogP contribution in [-0.4, -0.2) is 59.4 Å². The third kappa shape index (κ3) is 4.04. The molecule has 0 aromatic heterocycles. The van der Waals surface area contributed by atoms with Crippen LogP contribution in [0.4, 0.5) is 0 Å². The van der Waals surface area contributed by atoms with Crippen LogP contribution in [0.1, 0.15) is 24.0 Å². The van der Waals surface area contributed by atoms with E-state index >= 15 is 0 Å². The van der Waals surface area contributed by atoms with Crippen molar-refractivity contribution < 1.29 is 14.4 Å².